The van der Waals surface area contributed by atoms with Crippen LogP contribution in [-0.4, -0.2) is 49.6 Å². The second kappa shape index (κ2) is 6.59. The molecule has 1 amide bonds. The summed E-state index contributed by atoms with van der Waals surface area (Å²) in [6.45, 7) is 5.49. The molecule has 1 N–H and O–H groups in total. The van der Waals surface area contributed by atoms with E-state index in [2.05, 4.69) is 10.2 Å². The van der Waals surface area contributed by atoms with E-state index < -0.39 is 0 Å². The SMILES string of the molecule is CCOC(=O)CC1CC(NC(C)=O)CN(C)C1. The third kappa shape index (κ3) is 5.17. The van der Waals surface area contributed by atoms with Crippen LogP contribution in [0.15, 0.2) is 0 Å². The van der Waals surface area contributed by atoms with Crippen molar-refractivity contribution in [2.45, 2.75) is 32.7 Å². The Morgan fingerprint density at radius 1 is 1.41 bits per heavy atom. The van der Waals surface area contributed by atoms with Crippen molar-refractivity contribution < 1.29 is 14.3 Å². The number of likely N-dealkylation sites (N-methyl/N-ethyl adjacent to an activating group) is 1. The van der Waals surface area contributed by atoms with Gasteiger partial charge >= 0.3 is 5.97 Å². The highest BCUT2D eigenvalue weighted by atomic mass is 16.5. The Kier molecular flexibility index (Phi) is 5.41. The second-order valence-electron chi connectivity index (χ2n) is 4.73. The predicted molar refractivity (Wildman–Crippen MR) is 64.5 cm³/mol. The van der Waals surface area contributed by atoms with Gasteiger partial charge in [0.05, 0.1) is 6.61 Å². The third-order valence-electron chi connectivity index (χ3n) is 2.89. The Labute approximate surface area is 102 Å². The molecule has 1 heterocycles. The molecule has 98 valence electrons. The maximum absolute atomic E-state index is 11.4. The molecule has 0 spiro atoms. The number of hydrogen-bond donors (Lipinski definition) is 1. The summed E-state index contributed by atoms with van der Waals surface area (Å²) in [7, 11) is 2.01. The minimum absolute atomic E-state index is 0.0137. The Morgan fingerprint density at radius 3 is 2.71 bits per heavy atom. The summed E-state index contributed by atoms with van der Waals surface area (Å²) in [5.41, 5.74) is 0. The number of hydrogen-bond acceptors (Lipinski definition) is 4. The van der Waals surface area contributed by atoms with Gasteiger partial charge in [0.1, 0.15) is 0 Å². The number of ether oxygens (including phenoxy) is 1. The van der Waals surface area contributed by atoms with Gasteiger partial charge in [-0.15, -0.1) is 0 Å². The summed E-state index contributed by atoms with van der Waals surface area (Å²) in [4.78, 5) is 24.6. The van der Waals surface area contributed by atoms with Gasteiger partial charge in [0.25, 0.3) is 0 Å². The molecule has 0 aromatic heterocycles. The van der Waals surface area contributed by atoms with Crippen LogP contribution < -0.4 is 5.32 Å². The molecular weight excluding hydrogens is 220 g/mol. The lowest BCUT2D eigenvalue weighted by Crippen LogP contribution is -2.49. The largest absolute Gasteiger partial charge is 0.466 e. The lowest BCUT2D eigenvalue weighted by molar-refractivity contribution is -0.144. The monoisotopic (exact) mass is 242 g/mol. The van der Waals surface area contributed by atoms with Crippen molar-refractivity contribution in [3.63, 3.8) is 0 Å². The van der Waals surface area contributed by atoms with Crippen molar-refractivity contribution in [3.05, 3.63) is 0 Å². The van der Waals surface area contributed by atoms with Gasteiger partial charge in [-0.3, -0.25) is 9.59 Å². The topological polar surface area (TPSA) is 58.6 Å². The minimum Gasteiger partial charge on any atom is -0.466 e. The maximum atomic E-state index is 11.4. The van der Waals surface area contributed by atoms with Crippen molar-refractivity contribution in [1.82, 2.24) is 10.2 Å². The van der Waals surface area contributed by atoms with Crippen LogP contribution >= 0.6 is 0 Å². The smallest absolute Gasteiger partial charge is 0.306 e. The molecule has 0 aromatic rings. The van der Waals surface area contributed by atoms with E-state index in [9.17, 15) is 9.59 Å². The highest BCUT2D eigenvalue weighted by Crippen LogP contribution is 2.19. The van der Waals surface area contributed by atoms with Crippen molar-refractivity contribution in [1.29, 1.82) is 0 Å². The van der Waals surface area contributed by atoms with E-state index in [0.29, 0.717) is 13.0 Å². The van der Waals surface area contributed by atoms with Gasteiger partial charge in [-0.25, -0.2) is 0 Å². The van der Waals surface area contributed by atoms with Crippen molar-refractivity contribution >= 4 is 11.9 Å². The molecule has 5 nitrogen and oxygen atoms in total. The first-order valence-electron chi connectivity index (χ1n) is 6.12. The molecular formula is C12H22N2O3. The third-order valence-corrected chi connectivity index (χ3v) is 2.89. The van der Waals surface area contributed by atoms with E-state index in [4.69, 9.17) is 4.74 Å². The molecule has 1 fully saturated rings. The number of carbonyl (C=O) groups excluding carboxylic acids is 2. The van der Waals surface area contributed by atoms with Gasteiger partial charge in [0.15, 0.2) is 0 Å². The summed E-state index contributed by atoms with van der Waals surface area (Å²) >= 11 is 0. The van der Waals surface area contributed by atoms with Gasteiger partial charge < -0.3 is 15.0 Å². The summed E-state index contributed by atoms with van der Waals surface area (Å²) in [5, 5.41) is 2.91. The number of likely N-dealkylation sites (tertiary alicyclic amines) is 1. The number of esters is 1. The van der Waals surface area contributed by atoms with Gasteiger partial charge in [-0.05, 0) is 26.3 Å². The molecule has 1 aliphatic rings. The van der Waals surface area contributed by atoms with E-state index >= 15 is 0 Å². The Morgan fingerprint density at radius 2 is 2.12 bits per heavy atom. The van der Waals surface area contributed by atoms with Crippen LogP contribution in [0.5, 0.6) is 0 Å². The van der Waals surface area contributed by atoms with E-state index in [1.807, 2.05) is 14.0 Å². The zero-order valence-corrected chi connectivity index (χ0v) is 10.9. The molecule has 0 aliphatic carbocycles. The number of carbonyl (C=O) groups is 2. The molecule has 1 rings (SSSR count). The summed E-state index contributed by atoms with van der Waals surface area (Å²) in [6, 6.07) is 0.144. The fraction of sp³-hybridized carbons (Fsp3) is 0.833. The average Bonchev–Trinajstić information content (AvgIpc) is 2.14. The van der Waals surface area contributed by atoms with Gasteiger partial charge in [-0.2, -0.15) is 0 Å². The molecule has 2 unspecified atom stereocenters. The van der Waals surface area contributed by atoms with E-state index in [0.717, 1.165) is 19.5 Å². The molecule has 0 radical (unpaired) electrons. The molecule has 1 aliphatic heterocycles. The van der Waals surface area contributed by atoms with Crippen LogP contribution in [-0.2, 0) is 14.3 Å². The van der Waals surface area contributed by atoms with Gasteiger partial charge in [-0.1, -0.05) is 0 Å². The molecule has 0 bridgehead atoms. The molecule has 0 aromatic carbocycles. The highest BCUT2D eigenvalue weighted by Gasteiger charge is 2.27. The average molecular weight is 242 g/mol. The zero-order chi connectivity index (χ0) is 12.8. The Balaban J connectivity index is 2.44. The number of amides is 1. The van der Waals surface area contributed by atoms with Crippen molar-refractivity contribution in [2.75, 3.05) is 26.7 Å². The lowest BCUT2D eigenvalue weighted by Gasteiger charge is -2.35. The summed E-state index contributed by atoms with van der Waals surface area (Å²) in [6.07, 6.45) is 1.29. The van der Waals surface area contributed by atoms with Crippen LogP contribution in [0.1, 0.15) is 26.7 Å². The second-order valence-corrected chi connectivity index (χ2v) is 4.73. The highest BCUT2D eigenvalue weighted by molar-refractivity contribution is 5.73. The Hall–Kier alpha value is -1.10. The first-order chi connectivity index (χ1) is 8.01. The first-order valence-corrected chi connectivity index (χ1v) is 6.12. The first kappa shape index (κ1) is 14.0. The standard InChI is InChI=1S/C12H22N2O3/c1-4-17-12(16)6-10-5-11(13-9(2)15)8-14(3)7-10/h10-11H,4-8H2,1-3H3,(H,13,15). The molecule has 1 saturated heterocycles. The number of piperidine rings is 1. The van der Waals surface area contributed by atoms with Crippen LogP contribution in [0.25, 0.3) is 0 Å². The van der Waals surface area contributed by atoms with E-state index in [1.165, 1.54) is 6.92 Å². The predicted octanol–water partition coefficient (Wildman–Crippen LogP) is 0.396. The molecule has 0 saturated carbocycles. The number of nitrogens with one attached hydrogen (secondary N) is 1. The van der Waals surface area contributed by atoms with Crippen LogP contribution in [0.4, 0.5) is 0 Å². The van der Waals surface area contributed by atoms with Gasteiger partial charge in [0.2, 0.25) is 5.91 Å². The van der Waals surface area contributed by atoms with E-state index in [-0.39, 0.29) is 23.8 Å². The van der Waals surface area contributed by atoms with Crippen molar-refractivity contribution in [2.24, 2.45) is 5.92 Å². The number of nitrogens with zero attached hydrogens (tertiary/aromatic N) is 1. The molecule has 17 heavy (non-hydrogen) atoms. The minimum atomic E-state index is -0.144. The quantitative estimate of drug-likeness (QED) is 0.725. The summed E-state index contributed by atoms with van der Waals surface area (Å²) in [5.74, 6) is 0.110. The zero-order valence-electron chi connectivity index (χ0n) is 10.9. The fourth-order valence-corrected chi connectivity index (χ4v) is 2.44. The lowest BCUT2D eigenvalue weighted by atomic mass is 9.92. The molecule has 2 atom stereocenters. The Bertz CT molecular complexity index is 281. The van der Waals surface area contributed by atoms with Crippen LogP contribution in [0.2, 0.25) is 0 Å². The maximum Gasteiger partial charge on any atom is 0.306 e. The van der Waals surface area contributed by atoms with Crippen molar-refractivity contribution in [3.8, 4) is 0 Å². The fourth-order valence-electron chi connectivity index (χ4n) is 2.44. The normalized spacial score (nSPS) is 25.4. The molecule has 5 heteroatoms. The van der Waals surface area contributed by atoms with Gasteiger partial charge in [0, 0.05) is 32.5 Å². The van der Waals surface area contributed by atoms with Crippen LogP contribution in [0.3, 0.4) is 0 Å². The summed E-state index contributed by atoms with van der Waals surface area (Å²) < 4.78 is 4.95. The van der Waals surface area contributed by atoms with Crippen LogP contribution in [0, 0.1) is 5.92 Å². The number of rotatable bonds is 4. The van der Waals surface area contributed by atoms with E-state index in [1.54, 1.807) is 0 Å².